The minimum atomic E-state index is -0.465. The van der Waals surface area contributed by atoms with Gasteiger partial charge in [0.1, 0.15) is 6.04 Å². The number of urea groups is 1. The number of carbonyl (C=O) groups is 2. The number of piperidine rings is 1. The van der Waals surface area contributed by atoms with E-state index in [4.69, 9.17) is 9.68 Å². The molecular formula is C13H22N4O4. The van der Waals surface area contributed by atoms with Crippen LogP contribution < -0.4 is 5.48 Å². The van der Waals surface area contributed by atoms with Crippen LogP contribution in [-0.4, -0.2) is 78.8 Å². The van der Waals surface area contributed by atoms with Gasteiger partial charge in [0.25, 0.3) is 5.91 Å². The lowest BCUT2D eigenvalue weighted by Crippen LogP contribution is -2.52. The Balaban J connectivity index is 1.50. The van der Waals surface area contributed by atoms with Crippen molar-refractivity contribution in [2.24, 2.45) is 0 Å². The smallest absolute Gasteiger partial charge is 0.309 e. The van der Waals surface area contributed by atoms with Gasteiger partial charge in [-0.3, -0.25) is 14.5 Å². The Morgan fingerprint density at radius 2 is 2.19 bits per heavy atom. The lowest BCUT2D eigenvalue weighted by atomic mass is 10.0. The van der Waals surface area contributed by atoms with E-state index in [1.54, 1.807) is 4.90 Å². The number of fused-ring (bicyclic) bond motifs is 2. The Morgan fingerprint density at radius 1 is 1.38 bits per heavy atom. The standard InChI is InChI=1S/C13H22N4O4/c1-15-6-5-10(15)8-21-14-12(18)11-4-3-9-7-16(11)13(19)17(9)20-2/h9-11H,3-8H2,1-2H3,(H,14,18)/t9-,10+,11+/m1/s1. The zero-order valence-corrected chi connectivity index (χ0v) is 12.4. The van der Waals surface area contributed by atoms with Gasteiger partial charge in [-0.05, 0) is 32.9 Å². The zero-order chi connectivity index (χ0) is 15.0. The summed E-state index contributed by atoms with van der Waals surface area (Å²) in [7, 11) is 3.51. The van der Waals surface area contributed by atoms with Crippen molar-refractivity contribution >= 4 is 11.9 Å². The summed E-state index contributed by atoms with van der Waals surface area (Å²) < 4.78 is 0. The second-order valence-electron chi connectivity index (χ2n) is 5.89. The molecule has 3 amide bonds. The van der Waals surface area contributed by atoms with Crippen LogP contribution in [0.1, 0.15) is 19.3 Å². The van der Waals surface area contributed by atoms with Crippen LogP contribution >= 0.6 is 0 Å². The first kappa shape index (κ1) is 14.6. The van der Waals surface area contributed by atoms with Gasteiger partial charge in [-0.1, -0.05) is 0 Å². The molecule has 0 saturated carbocycles. The molecule has 3 heterocycles. The molecule has 1 N–H and O–H groups in total. The van der Waals surface area contributed by atoms with Gasteiger partial charge >= 0.3 is 6.03 Å². The van der Waals surface area contributed by atoms with E-state index in [2.05, 4.69) is 10.4 Å². The summed E-state index contributed by atoms with van der Waals surface area (Å²) in [5.74, 6) is -0.248. The topological polar surface area (TPSA) is 74.3 Å². The molecule has 0 radical (unpaired) electrons. The first-order chi connectivity index (χ1) is 10.1. The maximum Gasteiger partial charge on any atom is 0.345 e. The van der Waals surface area contributed by atoms with Crippen LogP contribution in [0.4, 0.5) is 4.79 Å². The number of nitrogens with zero attached hydrogens (tertiary/aromatic N) is 3. The number of rotatable bonds is 5. The third-order valence-corrected chi connectivity index (χ3v) is 4.71. The maximum atomic E-state index is 12.2. The zero-order valence-electron chi connectivity index (χ0n) is 12.4. The number of likely N-dealkylation sites (N-methyl/N-ethyl adjacent to an activating group) is 1. The Labute approximate surface area is 123 Å². The van der Waals surface area contributed by atoms with Crippen LogP contribution in [0, 0.1) is 0 Å². The number of hydrogen-bond donors (Lipinski definition) is 1. The van der Waals surface area contributed by atoms with Gasteiger partial charge in [-0.25, -0.2) is 10.3 Å². The molecule has 0 spiro atoms. The van der Waals surface area contributed by atoms with Crippen molar-refractivity contribution in [3.05, 3.63) is 0 Å². The molecule has 0 aliphatic carbocycles. The Bertz CT molecular complexity index is 432. The number of amides is 3. The highest BCUT2D eigenvalue weighted by molar-refractivity contribution is 5.87. The van der Waals surface area contributed by atoms with Gasteiger partial charge in [0.05, 0.1) is 19.8 Å². The van der Waals surface area contributed by atoms with Crippen LogP contribution in [0.5, 0.6) is 0 Å². The quantitative estimate of drug-likeness (QED) is 0.697. The van der Waals surface area contributed by atoms with Crippen molar-refractivity contribution < 1.29 is 19.3 Å². The van der Waals surface area contributed by atoms with E-state index in [9.17, 15) is 9.59 Å². The van der Waals surface area contributed by atoms with E-state index >= 15 is 0 Å². The third kappa shape index (κ3) is 2.58. The fourth-order valence-corrected chi connectivity index (χ4v) is 3.19. The van der Waals surface area contributed by atoms with Crippen molar-refractivity contribution in [3.8, 4) is 0 Å². The molecular weight excluding hydrogens is 276 g/mol. The lowest BCUT2D eigenvalue weighted by Gasteiger charge is -2.37. The largest absolute Gasteiger partial charge is 0.345 e. The van der Waals surface area contributed by atoms with Gasteiger partial charge in [0.15, 0.2) is 0 Å². The van der Waals surface area contributed by atoms with Crippen LogP contribution in [0.15, 0.2) is 0 Å². The van der Waals surface area contributed by atoms with Crippen molar-refractivity contribution in [1.82, 2.24) is 20.3 Å². The highest BCUT2D eigenvalue weighted by Crippen LogP contribution is 2.29. The number of hydroxylamine groups is 3. The molecule has 3 atom stereocenters. The number of likely N-dealkylation sites (tertiary alicyclic amines) is 1. The van der Waals surface area contributed by atoms with Gasteiger partial charge in [0, 0.05) is 12.6 Å². The predicted octanol–water partition coefficient (Wildman–Crippen LogP) is -0.432. The van der Waals surface area contributed by atoms with Crippen molar-refractivity contribution in [2.45, 2.75) is 37.4 Å². The van der Waals surface area contributed by atoms with Gasteiger partial charge in [-0.15, -0.1) is 0 Å². The normalized spacial score (nSPS) is 32.3. The number of nitrogens with one attached hydrogen (secondary N) is 1. The molecule has 0 aromatic rings. The summed E-state index contributed by atoms with van der Waals surface area (Å²) in [6.07, 6.45) is 2.49. The van der Waals surface area contributed by atoms with Crippen LogP contribution in [0.25, 0.3) is 0 Å². The summed E-state index contributed by atoms with van der Waals surface area (Å²) in [4.78, 5) is 38.4. The molecule has 0 unspecified atom stereocenters. The molecule has 21 heavy (non-hydrogen) atoms. The lowest BCUT2D eigenvalue weighted by molar-refractivity contribution is -0.141. The molecule has 0 aromatic heterocycles. The van der Waals surface area contributed by atoms with E-state index in [1.807, 2.05) is 7.05 Å². The van der Waals surface area contributed by atoms with E-state index < -0.39 is 6.04 Å². The van der Waals surface area contributed by atoms with E-state index in [-0.39, 0.29) is 18.0 Å². The summed E-state index contributed by atoms with van der Waals surface area (Å²) in [5, 5.41) is 1.36. The third-order valence-electron chi connectivity index (χ3n) is 4.71. The molecule has 118 valence electrons. The molecule has 8 heteroatoms. The monoisotopic (exact) mass is 298 g/mol. The number of carbonyl (C=O) groups excluding carboxylic acids is 2. The molecule has 3 rings (SSSR count). The Morgan fingerprint density at radius 3 is 2.81 bits per heavy atom. The van der Waals surface area contributed by atoms with Crippen LogP contribution in [0.2, 0.25) is 0 Å². The van der Waals surface area contributed by atoms with E-state index in [0.29, 0.717) is 25.6 Å². The number of hydrogen-bond acceptors (Lipinski definition) is 5. The minimum Gasteiger partial charge on any atom is -0.309 e. The molecule has 3 saturated heterocycles. The molecule has 3 aliphatic heterocycles. The van der Waals surface area contributed by atoms with Gasteiger partial charge in [-0.2, -0.15) is 5.06 Å². The van der Waals surface area contributed by atoms with Crippen molar-refractivity contribution in [1.29, 1.82) is 0 Å². The molecule has 3 fully saturated rings. The molecule has 3 aliphatic rings. The fraction of sp³-hybridized carbons (Fsp3) is 0.846. The summed E-state index contributed by atoms with van der Waals surface area (Å²) in [6.45, 7) is 2.09. The average Bonchev–Trinajstić information content (AvgIpc) is 2.73. The van der Waals surface area contributed by atoms with Gasteiger partial charge < -0.3 is 9.80 Å². The molecule has 8 nitrogen and oxygen atoms in total. The maximum absolute atomic E-state index is 12.2. The van der Waals surface area contributed by atoms with Crippen molar-refractivity contribution in [2.75, 3.05) is 33.9 Å². The van der Waals surface area contributed by atoms with Gasteiger partial charge in [0.2, 0.25) is 0 Å². The first-order valence-electron chi connectivity index (χ1n) is 7.37. The van der Waals surface area contributed by atoms with Crippen LogP contribution in [0.3, 0.4) is 0 Å². The second-order valence-corrected chi connectivity index (χ2v) is 5.89. The molecule has 2 bridgehead atoms. The summed E-state index contributed by atoms with van der Waals surface area (Å²) in [6, 6.07) is -0.276. The van der Waals surface area contributed by atoms with Crippen LogP contribution in [-0.2, 0) is 14.5 Å². The van der Waals surface area contributed by atoms with Crippen molar-refractivity contribution in [3.63, 3.8) is 0 Å². The Kier molecular flexibility index (Phi) is 4.01. The predicted molar refractivity (Wildman–Crippen MR) is 72.9 cm³/mol. The fourth-order valence-electron chi connectivity index (χ4n) is 3.19. The summed E-state index contributed by atoms with van der Waals surface area (Å²) in [5.41, 5.74) is 2.49. The minimum absolute atomic E-state index is 0.0519. The summed E-state index contributed by atoms with van der Waals surface area (Å²) >= 11 is 0. The highest BCUT2D eigenvalue weighted by atomic mass is 16.7. The average molecular weight is 298 g/mol. The second kappa shape index (κ2) is 5.78. The van der Waals surface area contributed by atoms with E-state index in [0.717, 1.165) is 19.4 Å². The Hall–Kier alpha value is -1.38. The molecule has 0 aromatic carbocycles. The highest BCUT2D eigenvalue weighted by Gasteiger charge is 2.47. The SMILES string of the molecule is CON1C(=O)N2C[C@H]1CC[C@H]2C(=O)NOC[C@@H]1CCN1C. The first-order valence-corrected chi connectivity index (χ1v) is 7.37. The van der Waals surface area contributed by atoms with E-state index in [1.165, 1.54) is 12.2 Å².